The van der Waals surface area contributed by atoms with Crippen molar-refractivity contribution in [1.29, 1.82) is 0 Å². The summed E-state index contributed by atoms with van der Waals surface area (Å²) in [5.74, 6) is -1.26. The van der Waals surface area contributed by atoms with Gasteiger partial charge in [-0.3, -0.25) is 14.9 Å². The van der Waals surface area contributed by atoms with Crippen LogP contribution >= 0.6 is 11.6 Å². The molecule has 0 unspecified atom stereocenters. The van der Waals surface area contributed by atoms with E-state index in [-0.39, 0.29) is 29.5 Å². The van der Waals surface area contributed by atoms with E-state index in [1.165, 1.54) is 42.4 Å². The molecule has 2 aromatic carbocycles. The van der Waals surface area contributed by atoms with Crippen LogP contribution in [0.3, 0.4) is 0 Å². The first-order chi connectivity index (χ1) is 20.3. The van der Waals surface area contributed by atoms with Gasteiger partial charge in [-0.15, -0.1) is 5.10 Å². The number of tetrazole rings is 1. The topological polar surface area (TPSA) is 169 Å². The highest BCUT2D eigenvalue weighted by Crippen LogP contribution is 2.33. The highest BCUT2D eigenvalue weighted by atomic mass is 35.5. The van der Waals surface area contributed by atoms with Crippen molar-refractivity contribution in [2.24, 2.45) is 0 Å². The predicted octanol–water partition coefficient (Wildman–Crippen LogP) is 4.41. The molecule has 0 fully saturated rings. The van der Waals surface area contributed by atoms with Crippen molar-refractivity contribution in [2.75, 3.05) is 17.7 Å². The van der Waals surface area contributed by atoms with Gasteiger partial charge in [-0.25, -0.2) is 9.78 Å². The van der Waals surface area contributed by atoms with Gasteiger partial charge in [0, 0.05) is 34.3 Å². The highest BCUT2D eigenvalue weighted by Gasteiger charge is 2.24. The molecule has 0 spiro atoms. The lowest BCUT2D eigenvalue weighted by Crippen LogP contribution is -2.28. The summed E-state index contributed by atoms with van der Waals surface area (Å²) in [6, 6.07) is 8.95. The molecule has 0 aliphatic carbocycles. The summed E-state index contributed by atoms with van der Waals surface area (Å²) in [6.07, 6.45) is 5.29. The van der Waals surface area contributed by atoms with Crippen molar-refractivity contribution < 1.29 is 23.5 Å². The normalized spacial score (nSPS) is 15.2. The van der Waals surface area contributed by atoms with Gasteiger partial charge in [-0.05, 0) is 65.7 Å². The van der Waals surface area contributed by atoms with Crippen LogP contribution in [0.4, 0.5) is 20.6 Å². The van der Waals surface area contributed by atoms with Crippen molar-refractivity contribution >= 4 is 47.0 Å². The summed E-state index contributed by atoms with van der Waals surface area (Å²) in [7, 11) is 1.22. The summed E-state index contributed by atoms with van der Waals surface area (Å²) in [5.41, 5.74) is 2.04. The number of ether oxygens (including phenoxy) is 1. The van der Waals surface area contributed by atoms with Crippen LogP contribution in [0, 0.1) is 5.95 Å². The number of amides is 3. The first-order valence-corrected chi connectivity index (χ1v) is 13.2. The van der Waals surface area contributed by atoms with Crippen LogP contribution in [-0.2, 0) is 14.3 Å². The van der Waals surface area contributed by atoms with Crippen molar-refractivity contribution in [1.82, 2.24) is 35.5 Å². The molecule has 5 rings (SSSR count). The standard InChI is InChI=1S/C27H25ClFN9O4/c1-42-27(41)31-17-8-9-18-20(13-17)33-22(39)5-3-2-4-19(26-34-24(18)25(29)35-26)32-23(40)11-6-15-12-16(28)7-10-21(15)38-14-30-36-37-38/h6-14,19H,2-5H2,1H3,(H,31,41)(H,32,40)(H,33,39)(H,34,35)/t19-/m0/s1. The molecule has 216 valence electrons. The fourth-order valence-electron chi connectivity index (χ4n) is 4.46. The number of H-pyrrole nitrogens is 1. The predicted molar refractivity (Wildman–Crippen MR) is 151 cm³/mol. The minimum atomic E-state index is -0.742. The second-order valence-corrected chi connectivity index (χ2v) is 9.74. The second kappa shape index (κ2) is 12.6. The van der Waals surface area contributed by atoms with Gasteiger partial charge in [0.1, 0.15) is 17.8 Å². The van der Waals surface area contributed by atoms with E-state index in [1.807, 2.05) is 0 Å². The van der Waals surface area contributed by atoms with Gasteiger partial charge < -0.3 is 20.4 Å². The number of benzene rings is 2. The molecule has 15 heteroatoms. The Bertz CT molecular complexity index is 1660. The second-order valence-electron chi connectivity index (χ2n) is 9.31. The number of aromatic amines is 1. The molecular weight excluding hydrogens is 569 g/mol. The molecule has 4 N–H and O–H groups in total. The van der Waals surface area contributed by atoms with Gasteiger partial charge in [-0.1, -0.05) is 18.0 Å². The number of aromatic nitrogens is 6. The molecule has 0 radical (unpaired) electrons. The third-order valence-electron chi connectivity index (χ3n) is 6.45. The summed E-state index contributed by atoms with van der Waals surface area (Å²) >= 11 is 6.16. The molecule has 42 heavy (non-hydrogen) atoms. The minimum Gasteiger partial charge on any atom is -0.453 e. The number of halogens is 2. The number of carbonyl (C=O) groups excluding carboxylic acids is 3. The fraction of sp³-hybridized carbons (Fsp3) is 0.222. The number of hydrogen-bond donors (Lipinski definition) is 4. The zero-order chi connectivity index (χ0) is 29.6. The average molecular weight is 594 g/mol. The first kappa shape index (κ1) is 28.4. The van der Waals surface area contributed by atoms with Crippen LogP contribution in [0.1, 0.15) is 43.1 Å². The number of rotatable bonds is 5. The van der Waals surface area contributed by atoms with Gasteiger partial charge >= 0.3 is 6.09 Å². The number of hydrogen-bond acceptors (Lipinski definition) is 8. The fourth-order valence-corrected chi connectivity index (χ4v) is 4.64. The summed E-state index contributed by atoms with van der Waals surface area (Å²) in [4.78, 5) is 44.4. The summed E-state index contributed by atoms with van der Waals surface area (Å²) < 4.78 is 21.3. The maximum atomic E-state index is 15.2. The van der Waals surface area contributed by atoms with Crippen molar-refractivity contribution in [3.05, 3.63) is 71.2 Å². The number of fused-ring (bicyclic) bond motifs is 4. The van der Waals surface area contributed by atoms with Crippen LogP contribution in [0.15, 0.2) is 48.8 Å². The Hall–Kier alpha value is -5.11. The number of anilines is 2. The van der Waals surface area contributed by atoms with Crippen molar-refractivity contribution in [3.8, 4) is 16.9 Å². The molecule has 0 saturated heterocycles. The average Bonchev–Trinajstić information content (AvgIpc) is 3.63. The van der Waals surface area contributed by atoms with Crippen LogP contribution in [0.2, 0.25) is 5.02 Å². The molecule has 3 heterocycles. The molecule has 1 aliphatic heterocycles. The van der Waals surface area contributed by atoms with E-state index in [2.05, 4.69) is 46.2 Å². The number of nitrogens with one attached hydrogen (secondary N) is 4. The van der Waals surface area contributed by atoms with E-state index in [4.69, 9.17) is 11.6 Å². The molecule has 13 nitrogen and oxygen atoms in total. The smallest absolute Gasteiger partial charge is 0.411 e. The molecule has 4 aromatic rings. The molecule has 2 aromatic heterocycles. The number of methoxy groups -OCH3 is 1. The Labute approximate surface area is 243 Å². The minimum absolute atomic E-state index is 0.0507. The lowest BCUT2D eigenvalue weighted by atomic mass is 10.1. The Morgan fingerprint density at radius 1 is 1.21 bits per heavy atom. The Kier molecular flexibility index (Phi) is 8.52. The lowest BCUT2D eigenvalue weighted by molar-refractivity contribution is -0.118. The van der Waals surface area contributed by atoms with Crippen molar-refractivity contribution in [3.63, 3.8) is 0 Å². The molecule has 3 amide bonds. The molecule has 2 bridgehead atoms. The van der Waals surface area contributed by atoms with E-state index in [0.717, 1.165) is 0 Å². The molecule has 1 aliphatic rings. The van der Waals surface area contributed by atoms with Crippen LogP contribution in [0.5, 0.6) is 0 Å². The lowest BCUT2D eigenvalue weighted by Gasteiger charge is -2.17. The number of imidazole rings is 1. The third-order valence-corrected chi connectivity index (χ3v) is 6.69. The molecule has 0 saturated carbocycles. The zero-order valence-corrected chi connectivity index (χ0v) is 23.0. The zero-order valence-electron chi connectivity index (χ0n) is 22.2. The quantitative estimate of drug-likeness (QED) is 0.247. The van der Waals surface area contributed by atoms with Gasteiger partial charge in [0.2, 0.25) is 17.8 Å². The van der Waals surface area contributed by atoms with E-state index in [1.54, 1.807) is 24.3 Å². The highest BCUT2D eigenvalue weighted by molar-refractivity contribution is 6.30. The Morgan fingerprint density at radius 2 is 2.07 bits per heavy atom. The maximum Gasteiger partial charge on any atom is 0.411 e. The van der Waals surface area contributed by atoms with Crippen molar-refractivity contribution in [2.45, 2.75) is 31.7 Å². The molecular formula is C27H25ClFN9O4. The number of carbonyl (C=O) groups is 3. The van der Waals surface area contributed by atoms with Gasteiger partial charge in [0.15, 0.2) is 0 Å². The van der Waals surface area contributed by atoms with Crippen LogP contribution in [-0.4, -0.2) is 55.2 Å². The SMILES string of the molecule is COC(=O)Nc1ccc2c(c1)NC(=O)CCCC[C@H](NC(=O)C=Cc1cc(Cl)ccc1-n1cnnn1)c1nc-2c(F)[nH]1. The largest absolute Gasteiger partial charge is 0.453 e. The third kappa shape index (κ3) is 6.61. The van der Waals surface area contributed by atoms with Crippen LogP contribution < -0.4 is 16.0 Å². The maximum absolute atomic E-state index is 15.2. The summed E-state index contributed by atoms with van der Waals surface area (Å²) in [5, 5.41) is 19.8. The van der Waals surface area contributed by atoms with Gasteiger partial charge in [-0.2, -0.15) is 9.07 Å². The van der Waals surface area contributed by atoms with E-state index < -0.39 is 24.0 Å². The Morgan fingerprint density at radius 3 is 2.86 bits per heavy atom. The monoisotopic (exact) mass is 593 g/mol. The van der Waals surface area contributed by atoms with Crippen LogP contribution in [0.25, 0.3) is 23.0 Å². The van der Waals surface area contributed by atoms with E-state index in [0.29, 0.717) is 46.8 Å². The van der Waals surface area contributed by atoms with E-state index >= 15 is 4.39 Å². The Balaban J connectivity index is 1.42. The van der Waals surface area contributed by atoms with Gasteiger partial charge in [0.25, 0.3) is 0 Å². The summed E-state index contributed by atoms with van der Waals surface area (Å²) in [6.45, 7) is 0. The van der Waals surface area contributed by atoms with Gasteiger partial charge in [0.05, 0.1) is 24.5 Å². The molecule has 1 atom stereocenters. The first-order valence-electron chi connectivity index (χ1n) is 12.9. The van der Waals surface area contributed by atoms with E-state index in [9.17, 15) is 14.4 Å². The number of nitrogens with zero attached hydrogens (tertiary/aromatic N) is 5.